The van der Waals surface area contributed by atoms with Gasteiger partial charge in [0.15, 0.2) is 11.5 Å². The number of amides is 2. The van der Waals surface area contributed by atoms with Crippen LogP contribution < -0.4 is 24.8 Å². The number of carbonyl (C=O) groups excluding carboxylic acids is 2. The van der Waals surface area contributed by atoms with Crippen molar-refractivity contribution >= 4 is 21.8 Å². The first-order chi connectivity index (χ1) is 15.3. The van der Waals surface area contributed by atoms with E-state index in [2.05, 4.69) is 15.4 Å². The highest BCUT2D eigenvalue weighted by Gasteiger charge is 2.29. The number of nitrogens with one attached hydrogen (secondary N) is 3. The number of rotatable bonds is 9. The number of ether oxygens (including phenoxy) is 2. The molecular weight excluding hydrogens is 434 g/mol. The fraction of sp³-hybridized carbons (Fsp3) is 0.636. The van der Waals surface area contributed by atoms with Crippen LogP contribution in [-0.2, 0) is 19.6 Å². The predicted octanol–water partition coefficient (Wildman–Crippen LogP) is 1.72. The van der Waals surface area contributed by atoms with Crippen LogP contribution >= 0.6 is 0 Å². The van der Waals surface area contributed by atoms with Gasteiger partial charge in [-0.1, -0.05) is 26.7 Å². The molecule has 0 aromatic heterocycles. The summed E-state index contributed by atoms with van der Waals surface area (Å²) in [5, 5.41) is 5.65. The fourth-order valence-electron chi connectivity index (χ4n) is 3.82. The molecule has 2 aliphatic rings. The van der Waals surface area contributed by atoms with Gasteiger partial charge >= 0.3 is 0 Å². The van der Waals surface area contributed by atoms with Crippen molar-refractivity contribution in [1.82, 2.24) is 15.4 Å². The molecule has 1 aliphatic heterocycles. The first-order valence-corrected chi connectivity index (χ1v) is 12.7. The Kier molecular flexibility index (Phi) is 8.36. The zero-order chi connectivity index (χ0) is 23.1. The molecule has 10 heteroatoms. The summed E-state index contributed by atoms with van der Waals surface area (Å²) in [7, 11) is -3.98. The standard InChI is InChI=1S/C22H33N3O6S/c1-15(2)21(22(27)23-11-10-20(26)24-16-6-3-4-7-16)25-32(28,29)17-8-9-18-19(14-17)31-13-5-12-30-18/h8-9,14-16,21,25H,3-7,10-13H2,1-2H3,(H,23,27)(H,24,26). The van der Waals surface area contributed by atoms with Crippen molar-refractivity contribution in [3.8, 4) is 11.5 Å². The zero-order valence-electron chi connectivity index (χ0n) is 18.7. The van der Waals surface area contributed by atoms with Crippen molar-refractivity contribution in [2.24, 2.45) is 5.92 Å². The van der Waals surface area contributed by atoms with E-state index in [1.807, 2.05) is 0 Å². The maximum atomic E-state index is 12.9. The molecule has 0 radical (unpaired) electrons. The van der Waals surface area contributed by atoms with Crippen molar-refractivity contribution in [2.45, 2.75) is 69.4 Å². The molecule has 1 aromatic carbocycles. The molecule has 0 saturated heterocycles. The molecule has 0 spiro atoms. The first-order valence-electron chi connectivity index (χ1n) is 11.3. The minimum absolute atomic E-state index is 0.00357. The Morgan fingerprint density at radius 1 is 1.06 bits per heavy atom. The monoisotopic (exact) mass is 467 g/mol. The van der Waals surface area contributed by atoms with Gasteiger partial charge in [-0.2, -0.15) is 4.72 Å². The van der Waals surface area contributed by atoms with Crippen LogP contribution in [0.5, 0.6) is 11.5 Å². The zero-order valence-corrected chi connectivity index (χ0v) is 19.5. The largest absolute Gasteiger partial charge is 0.490 e. The van der Waals surface area contributed by atoms with Gasteiger partial charge in [-0.3, -0.25) is 9.59 Å². The van der Waals surface area contributed by atoms with E-state index in [1.165, 1.54) is 12.1 Å². The molecule has 9 nitrogen and oxygen atoms in total. The molecule has 32 heavy (non-hydrogen) atoms. The SMILES string of the molecule is CC(C)C(NS(=O)(=O)c1ccc2c(c1)OCCCO2)C(=O)NCCC(=O)NC1CCCC1. The summed E-state index contributed by atoms with van der Waals surface area (Å²) in [6.07, 6.45) is 5.11. The van der Waals surface area contributed by atoms with Crippen LogP contribution in [-0.4, -0.2) is 52.1 Å². The lowest BCUT2D eigenvalue weighted by Crippen LogP contribution is -2.50. The third-order valence-corrected chi connectivity index (χ3v) is 7.07. The van der Waals surface area contributed by atoms with Crippen molar-refractivity contribution in [3.63, 3.8) is 0 Å². The maximum Gasteiger partial charge on any atom is 0.241 e. The third kappa shape index (κ3) is 6.59. The molecule has 1 atom stereocenters. The second-order valence-electron chi connectivity index (χ2n) is 8.59. The molecule has 1 saturated carbocycles. The maximum absolute atomic E-state index is 12.9. The molecule has 0 bridgehead atoms. The normalized spacial score (nSPS) is 17.6. The highest BCUT2D eigenvalue weighted by Crippen LogP contribution is 2.32. The molecule has 1 heterocycles. The van der Waals surface area contributed by atoms with E-state index in [4.69, 9.17) is 9.47 Å². The Balaban J connectivity index is 1.58. The summed E-state index contributed by atoms with van der Waals surface area (Å²) in [6, 6.07) is 3.64. The number of carbonyl (C=O) groups is 2. The summed E-state index contributed by atoms with van der Waals surface area (Å²) in [4.78, 5) is 24.7. The molecule has 1 aliphatic carbocycles. The quantitative estimate of drug-likeness (QED) is 0.508. The molecule has 2 amide bonds. The fourth-order valence-corrected chi connectivity index (χ4v) is 5.18. The predicted molar refractivity (Wildman–Crippen MR) is 119 cm³/mol. The van der Waals surface area contributed by atoms with Gasteiger partial charge in [0, 0.05) is 31.5 Å². The Hall–Kier alpha value is -2.33. The Morgan fingerprint density at radius 3 is 2.44 bits per heavy atom. The van der Waals surface area contributed by atoms with E-state index in [9.17, 15) is 18.0 Å². The first kappa shape index (κ1) is 24.3. The molecule has 1 unspecified atom stereocenters. The highest BCUT2D eigenvalue weighted by atomic mass is 32.2. The Labute approximate surface area is 189 Å². The lowest BCUT2D eigenvalue weighted by Gasteiger charge is -2.22. The second kappa shape index (κ2) is 11.0. The molecule has 1 fully saturated rings. The second-order valence-corrected chi connectivity index (χ2v) is 10.3. The minimum atomic E-state index is -3.98. The Morgan fingerprint density at radius 2 is 1.75 bits per heavy atom. The molecule has 3 N–H and O–H groups in total. The van der Waals surface area contributed by atoms with Crippen molar-refractivity contribution < 1.29 is 27.5 Å². The van der Waals surface area contributed by atoms with E-state index in [0.717, 1.165) is 25.7 Å². The van der Waals surface area contributed by atoms with Crippen LogP contribution in [0.3, 0.4) is 0 Å². The van der Waals surface area contributed by atoms with Gasteiger partial charge in [-0.15, -0.1) is 0 Å². The van der Waals surface area contributed by atoms with Gasteiger partial charge in [-0.05, 0) is 30.9 Å². The number of sulfonamides is 1. The van der Waals surface area contributed by atoms with Gasteiger partial charge in [0.25, 0.3) is 0 Å². The minimum Gasteiger partial charge on any atom is -0.490 e. The summed E-state index contributed by atoms with van der Waals surface area (Å²) < 4.78 is 39.5. The molecule has 1 aromatic rings. The number of benzene rings is 1. The van der Waals surface area contributed by atoms with E-state index >= 15 is 0 Å². The van der Waals surface area contributed by atoms with E-state index in [-0.39, 0.29) is 35.7 Å². The van der Waals surface area contributed by atoms with Crippen molar-refractivity contribution in [1.29, 1.82) is 0 Å². The van der Waals surface area contributed by atoms with Crippen LogP contribution in [0.4, 0.5) is 0 Å². The summed E-state index contributed by atoms with van der Waals surface area (Å²) in [5.41, 5.74) is 0. The summed E-state index contributed by atoms with van der Waals surface area (Å²) in [5.74, 6) is -0.00478. The van der Waals surface area contributed by atoms with E-state index in [1.54, 1.807) is 19.9 Å². The number of hydrogen-bond donors (Lipinski definition) is 3. The van der Waals surface area contributed by atoms with Crippen LogP contribution in [0.1, 0.15) is 52.4 Å². The lowest BCUT2D eigenvalue weighted by molar-refractivity contribution is -0.124. The van der Waals surface area contributed by atoms with Crippen molar-refractivity contribution in [2.75, 3.05) is 19.8 Å². The van der Waals surface area contributed by atoms with Crippen LogP contribution in [0.2, 0.25) is 0 Å². The van der Waals surface area contributed by atoms with E-state index < -0.39 is 22.0 Å². The van der Waals surface area contributed by atoms with Crippen LogP contribution in [0, 0.1) is 5.92 Å². The van der Waals surface area contributed by atoms with Gasteiger partial charge in [0.2, 0.25) is 21.8 Å². The van der Waals surface area contributed by atoms with Crippen LogP contribution in [0.25, 0.3) is 0 Å². The topological polar surface area (TPSA) is 123 Å². The number of hydrogen-bond acceptors (Lipinski definition) is 6. The van der Waals surface area contributed by atoms with Gasteiger partial charge in [0.05, 0.1) is 18.1 Å². The Bertz CT molecular complexity index is 912. The molecular formula is C22H33N3O6S. The van der Waals surface area contributed by atoms with Crippen molar-refractivity contribution in [3.05, 3.63) is 18.2 Å². The number of fused-ring (bicyclic) bond motifs is 1. The van der Waals surface area contributed by atoms with Crippen LogP contribution in [0.15, 0.2) is 23.1 Å². The van der Waals surface area contributed by atoms with Gasteiger partial charge in [-0.25, -0.2) is 8.42 Å². The smallest absolute Gasteiger partial charge is 0.241 e. The lowest BCUT2D eigenvalue weighted by atomic mass is 10.1. The average molecular weight is 468 g/mol. The highest BCUT2D eigenvalue weighted by molar-refractivity contribution is 7.89. The third-order valence-electron chi connectivity index (χ3n) is 5.63. The summed E-state index contributed by atoms with van der Waals surface area (Å²) >= 11 is 0. The molecule has 3 rings (SSSR count). The summed E-state index contributed by atoms with van der Waals surface area (Å²) in [6.45, 7) is 4.61. The van der Waals surface area contributed by atoms with Gasteiger partial charge < -0.3 is 20.1 Å². The van der Waals surface area contributed by atoms with E-state index in [0.29, 0.717) is 31.1 Å². The van der Waals surface area contributed by atoms with Gasteiger partial charge in [0.1, 0.15) is 6.04 Å². The average Bonchev–Trinajstić information content (AvgIpc) is 3.13. The molecule has 178 valence electrons.